The molecule has 0 bridgehead atoms. The van der Waals surface area contributed by atoms with Crippen molar-refractivity contribution < 1.29 is 23.6 Å². The van der Waals surface area contributed by atoms with Crippen LogP contribution in [0.4, 0.5) is 10.2 Å². The molecule has 8 nitrogen and oxygen atoms in total. The summed E-state index contributed by atoms with van der Waals surface area (Å²) >= 11 is 0. The molecule has 9 heteroatoms. The van der Waals surface area contributed by atoms with Crippen LogP contribution in [0.15, 0.2) is 54.6 Å². The molecule has 4 rings (SSSR count). The summed E-state index contributed by atoms with van der Waals surface area (Å²) in [4.78, 5) is 36.7. The average molecular weight is 408 g/mol. The Morgan fingerprint density at radius 1 is 1.00 bits per heavy atom. The fourth-order valence-corrected chi connectivity index (χ4v) is 2.57. The standard InChI is InChI=1S/C21H17FN4O4/c22-14-5-9-16(10-6-14)29-15-7-3-12(4-8-15)20-24-17(19(23)27)11-18(25-20)26-30-21(28)13-1-2-13/h3-11,13H,1-2H2,(H2,23,27)(H,24,25,26). The average Bonchev–Trinajstić information content (AvgIpc) is 3.59. The van der Waals surface area contributed by atoms with E-state index in [0.717, 1.165) is 12.8 Å². The van der Waals surface area contributed by atoms with Gasteiger partial charge in [0.1, 0.15) is 23.0 Å². The first-order valence-electron chi connectivity index (χ1n) is 9.17. The van der Waals surface area contributed by atoms with E-state index in [1.807, 2.05) is 0 Å². The lowest BCUT2D eigenvalue weighted by Crippen LogP contribution is -2.17. The lowest BCUT2D eigenvalue weighted by atomic mass is 10.2. The molecule has 1 heterocycles. The van der Waals surface area contributed by atoms with E-state index in [-0.39, 0.29) is 35.0 Å². The number of halogens is 1. The van der Waals surface area contributed by atoms with E-state index in [0.29, 0.717) is 17.1 Å². The van der Waals surface area contributed by atoms with Crippen molar-refractivity contribution in [1.29, 1.82) is 0 Å². The molecule has 0 saturated heterocycles. The molecule has 3 N–H and O–H groups in total. The van der Waals surface area contributed by atoms with Gasteiger partial charge < -0.3 is 15.3 Å². The SMILES string of the molecule is NC(=O)c1cc(NOC(=O)C2CC2)nc(-c2ccc(Oc3ccc(F)cc3)cc2)n1. The third-order valence-corrected chi connectivity index (χ3v) is 4.31. The van der Waals surface area contributed by atoms with Gasteiger partial charge in [0.2, 0.25) is 0 Å². The third-order valence-electron chi connectivity index (χ3n) is 4.31. The number of rotatable bonds is 7. The number of nitrogens with zero attached hydrogens (tertiary/aromatic N) is 2. The molecule has 0 atom stereocenters. The van der Waals surface area contributed by atoms with Crippen LogP contribution in [0.2, 0.25) is 0 Å². The minimum atomic E-state index is -0.744. The van der Waals surface area contributed by atoms with Crippen LogP contribution >= 0.6 is 0 Å². The number of amides is 1. The highest BCUT2D eigenvalue weighted by Gasteiger charge is 2.31. The quantitative estimate of drug-likeness (QED) is 0.575. The van der Waals surface area contributed by atoms with Gasteiger partial charge in [-0.2, -0.15) is 0 Å². The first-order chi connectivity index (χ1) is 14.5. The van der Waals surface area contributed by atoms with Crippen LogP contribution in [0.3, 0.4) is 0 Å². The normalized spacial score (nSPS) is 12.8. The number of hydrogen-bond donors (Lipinski definition) is 2. The van der Waals surface area contributed by atoms with E-state index >= 15 is 0 Å². The van der Waals surface area contributed by atoms with E-state index in [1.165, 1.54) is 30.3 Å². The summed E-state index contributed by atoms with van der Waals surface area (Å²) in [5.74, 6) is -0.212. The van der Waals surface area contributed by atoms with Crippen molar-refractivity contribution in [2.75, 3.05) is 5.48 Å². The molecular formula is C21H17FN4O4. The van der Waals surface area contributed by atoms with Gasteiger partial charge in [0, 0.05) is 11.6 Å². The zero-order valence-corrected chi connectivity index (χ0v) is 15.7. The maximum Gasteiger partial charge on any atom is 0.335 e. The van der Waals surface area contributed by atoms with E-state index in [2.05, 4.69) is 15.4 Å². The Morgan fingerprint density at radius 2 is 1.63 bits per heavy atom. The highest BCUT2D eigenvalue weighted by Crippen LogP contribution is 2.30. The van der Waals surface area contributed by atoms with Gasteiger partial charge in [0.15, 0.2) is 11.6 Å². The molecule has 1 aliphatic carbocycles. The second-order valence-corrected chi connectivity index (χ2v) is 6.70. The molecule has 1 fully saturated rings. The highest BCUT2D eigenvalue weighted by molar-refractivity contribution is 5.92. The maximum atomic E-state index is 13.0. The number of benzene rings is 2. The van der Waals surface area contributed by atoms with Gasteiger partial charge in [-0.25, -0.2) is 24.6 Å². The molecule has 30 heavy (non-hydrogen) atoms. The predicted octanol–water partition coefficient (Wildman–Crippen LogP) is 3.45. The molecule has 1 aromatic heterocycles. The molecule has 3 aromatic rings. The number of nitrogens with one attached hydrogen (secondary N) is 1. The van der Waals surface area contributed by atoms with E-state index < -0.39 is 5.91 Å². The second kappa shape index (κ2) is 8.16. The van der Waals surface area contributed by atoms with Gasteiger partial charge in [-0.1, -0.05) is 0 Å². The zero-order chi connectivity index (χ0) is 21.1. The number of carbonyl (C=O) groups is 2. The van der Waals surface area contributed by atoms with Crippen LogP contribution in [0.25, 0.3) is 11.4 Å². The highest BCUT2D eigenvalue weighted by atomic mass is 19.1. The first-order valence-corrected chi connectivity index (χ1v) is 9.17. The molecular weight excluding hydrogens is 391 g/mol. The Labute approximate surface area is 170 Å². The van der Waals surface area contributed by atoms with Gasteiger partial charge in [-0.05, 0) is 61.4 Å². The van der Waals surface area contributed by atoms with Crippen LogP contribution in [-0.2, 0) is 9.63 Å². The van der Waals surface area contributed by atoms with Crippen LogP contribution in [0, 0.1) is 11.7 Å². The van der Waals surface area contributed by atoms with Crippen molar-refractivity contribution in [2.45, 2.75) is 12.8 Å². The van der Waals surface area contributed by atoms with Gasteiger partial charge in [0.25, 0.3) is 5.91 Å². The molecule has 0 radical (unpaired) electrons. The smallest absolute Gasteiger partial charge is 0.335 e. The monoisotopic (exact) mass is 408 g/mol. The lowest BCUT2D eigenvalue weighted by molar-refractivity contribution is -0.142. The zero-order valence-electron chi connectivity index (χ0n) is 15.7. The lowest BCUT2D eigenvalue weighted by Gasteiger charge is -2.10. The second-order valence-electron chi connectivity index (χ2n) is 6.70. The number of ether oxygens (including phenoxy) is 1. The van der Waals surface area contributed by atoms with Crippen molar-refractivity contribution in [1.82, 2.24) is 9.97 Å². The van der Waals surface area contributed by atoms with Crippen LogP contribution in [-0.4, -0.2) is 21.8 Å². The summed E-state index contributed by atoms with van der Waals surface area (Å²) in [6.07, 6.45) is 1.60. The minimum Gasteiger partial charge on any atom is -0.457 e. The molecule has 0 unspecified atom stereocenters. The van der Waals surface area contributed by atoms with E-state index in [4.69, 9.17) is 15.3 Å². The van der Waals surface area contributed by atoms with Gasteiger partial charge in [-0.15, -0.1) is 0 Å². The molecule has 152 valence electrons. The Kier molecular flexibility index (Phi) is 5.25. The van der Waals surface area contributed by atoms with Gasteiger partial charge >= 0.3 is 5.97 Å². The van der Waals surface area contributed by atoms with E-state index in [9.17, 15) is 14.0 Å². The number of hydrogen-bond acceptors (Lipinski definition) is 7. The Morgan fingerprint density at radius 3 is 2.23 bits per heavy atom. The molecule has 1 aliphatic rings. The summed E-state index contributed by atoms with van der Waals surface area (Å²) in [6.45, 7) is 0. The summed E-state index contributed by atoms with van der Waals surface area (Å²) in [5.41, 5.74) is 8.36. The summed E-state index contributed by atoms with van der Waals surface area (Å²) in [6, 6.07) is 13.7. The van der Waals surface area contributed by atoms with Gasteiger partial charge in [0.05, 0.1) is 5.92 Å². The molecule has 1 saturated carbocycles. The molecule has 0 aliphatic heterocycles. The summed E-state index contributed by atoms with van der Waals surface area (Å²) < 4.78 is 18.6. The largest absolute Gasteiger partial charge is 0.457 e. The summed E-state index contributed by atoms with van der Waals surface area (Å²) in [5, 5.41) is 0. The van der Waals surface area contributed by atoms with E-state index in [1.54, 1.807) is 24.3 Å². The Balaban J connectivity index is 1.53. The van der Waals surface area contributed by atoms with Gasteiger partial charge in [-0.3, -0.25) is 4.79 Å². The fourth-order valence-electron chi connectivity index (χ4n) is 2.57. The predicted molar refractivity (Wildman–Crippen MR) is 105 cm³/mol. The maximum absolute atomic E-state index is 13.0. The molecule has 2 aromatic carbocycles. The summed E-state index contributed by atoms with van der Waals surface area (Å²) in [7, 11) is 0. The number of nitrogens with two attached hydrogens (primary N) is 1. The number of aromatic nitrogens is 2. The van der Waals surface area contributed by atoms with Crippen molar-refractivity contribution in [2.24, 2.45) is 11.7 Å². The number of primary amides is 1. The minimum absolute atomic E-state index is 0.0309. The Hall–Kier alpha value is -4.01. The molecule has 0 spiro atoms. The fraction of sp³-hybridized carbons (Fsp3) is 0.143. The number of anilines is 1. The van der Waals surface area contributed by atoms with Crippen molar-refractivity contribution in [3.63, 3.8) is 0 Å². The van der Waals surface area contributed by atoms with Crippen LogP contribution in [0.1, 0.15) is 23.3 Å². The first kappa shape index (κ1) is 19.3. The van der Waals surface area contributed by atoms with Crippen molar-refractivity contribution in [3.05, 3.63) is 66.1 Å². The van der Waals surface area contributed by atoms with Crippen LogP contribution < -0.4 is 16.0 Å². The van der Waals surface area contributed by atoms with Crippen molar-refractivity contribution >= 4 is 17.7 Å². The number of carbonyl (C=O) groups excluding carboxylic acids is 2. The third kappa shape index (κ3) is 4.69. The molecule has 1 amide bonds. The van der Waals surface area contributed by atoms with Crippen LogP contribution in [0.5, 0.6) is 11.5 Å². The topological polar surface area (TPSA) is 116 Å². The van der Waals surface area contributed by atoms with Crippen molar-refractivity contribution in [3.8, 4) is 22.9 Å². The Bertz CT molecular complexity index is 1080.